The molecule has 1 fully saturated rings. The van der Waals surface area contributed by atoms with Gasteiger partial charge in [-0.3, -0.25) is 4.79 Å². The Bertz CT molecular complexity index is 847. The minimum absolute atomic E-state index is 0.242. The van der Waals surface area contributed by atoms with E-state index in [1.54, 1.807) is 33.3 Å². The van der Waals surface area contributed by atoms with Crippen molar-refractivity contribution in [1.29, 1.82) is 0 Å². The number of hydrogen-bond donors (Lipinski definition) is 0. The van der Waals surface area contributed by atoms with E-state index in [0.29, 0.717) is 5.57 Å². The van der Waals surface area contributed by atoms with Crippen LogP contribution >= 0.6 is 0 Å². The van der Waals surface area contributed by atoms with Crippen molar-refractivity contribution in [2.24, 2.45) is 7.05 Å². The molecule has 0 bridgehead atoms. The fraction of sp³-hybridized carbons (Fsp3) is 0.350. The van der Waals surface area contributed by atoms with Crippen LogP contribution in [0, 0.1) is 0 Å². The Kier molecular flexibility index (Phi) is 4.68. The molecule has 1 saturated heterocycles. The van der Waals surface area contributed by atoms with E-state index in [4.69, 9.17) is 4.74 Å². The van der Waals surface area contributed by atoms with Gasteiger partial charge in [0.1, 0.15) is 5.60 Å². The molecule has 6 nitrogen and oxygen atoms in total. The minimum Gasteiger partial charge on any atom is -0.443 e. The van der Waals surface area contributed by atoms with Gasteiger partial charge in [0.2, 0.25) is 0 Å². The lowest BCUT2D eigenvalue weighted by molar-refractivity contribution is -0.124. The van der Waals surface area contributed by atoms with Gasteiger partial charge >= 0.3 is 6.09 Å². The van der Waals surface area contributed by atoms with Crippen molar-refractivity contribution in [1.82, 2.24) is 14.5 Å². The number of benzene rings is 1. The smallest absolute Gasteiger partial charge is 0.417 e. The number of imidazole rings is 1. The zero-order chi connectivity index (χ0) is 18.9. The van der Waals surface area contributed by atoms with Gasteiger partial charge in [-0.2, -0.15) is 0 Å². The number of likely N-dealkylation sites (tertiary alicyclic amines) is 1. The van der Waals surface area contributed by atoms with Crippen LogP contribution in [0.3, 0.4) is 0 Å². The van der Waals surface area contributed by atoms with Crippen LogP contribution in [0.1, 0.15) is 37.9 Å². The molecule has 1 unspecified atom stereocenters. The second-order valence-corrected chi connectivity index (χ2v) is 7.39. The summed E-state index contributed by atoms with van der Waals surface area (Å²) in [6.45, 7) is 5.59. The Hall–Kier alpha value is -2.89. The molecule has 0 radical (unpaired) electrons. The zero-order valence-corrected chi connectivity index (χ0v) is 15.5. The number of ether oxygens (including phenoxy) is 1. The number of aromatic nitrogens is 2. The van der Waals surface area contributed by atoms with Crippen LogP contribution < -0.4 is 0 Å². The quantitative estimate of drug-likeness (QED) is 0.777. The number of rotatable bonds is 2. The fourth-order valence-electron chi connectivity index (χ4n) is 2.99. The molecule has 1 aliphatic heterocycles. The summed E-state index contributed by atoms with van der Waals surface area (Å²) in [5.41, 5.74) is 1.69. The molecule has 1 aromatic heterocycles. The fourth-order valence-corrected chi connectivity index (χ4v) is 2.99. The number of aryl methyl sites for hydroxylation is 1. The Morgan fingerprint density at radius 1 is 1.27 bits per heavy atom. The van der Waals surface area contributed by atoms with E-state index in [-0.39, 0.29) is 18.4 Å². The number of carbonyl (C=O) groups is 2. The van der Waals surface area contributed by atoms with E-state index in [1.807, 2.05) is 48.0 Å². The van der Waals surface area contributed by atoms with Crippen molar-refractivity contribution >= 4 is 18.1 Å². The molecule has 0 spiro atoms. The van der Waals surface area contributed by atoms with Crippen molar-refractivity contribution in [3.05, 3.63) is 59.7 Å². The monoisotopic (exact) mass is 353 g/mol. The Morgan fingerprint density at radius 3 is 2.54 bits per heavy atom. The van der Waals surface area contributed by atoms with E-state index in [1.165, 1.54) is 4.90 Å². The molecule has 2 aromatic rings. The first kappa shape index (κ1) is 17.9. The summed E-state index contributed by atoms with van der Waals surface area (Å²) in [6.07, 6.45) is 4.64. The third-order valence-corrected chi connectivity index (χ3v) is 4.18. The molecule has 2 amide bonds. The molecule has 1 aliphatic rings. The van der Waals surface area contributed by atoms with Gasteiger partial charge in [-0.1, -0.05) is 30.3 Å². The summed E-state index contributed by atoms with van der Waals surface area (Å²) < 4.78 is 7.27. The van der Waals surface area contributed by atoms with Gasteiger partial charge in [0.15, 0.2) is 0 Å². The summed E-state index contributed by atoms with van der Waals surface area (Å²) in [5, 5.41) is 0. The average Bonchev–Trinajstić information content (AvgIpc) is 3.11. The molecule has 0 saturated carbocycles. The van der Waals surface area contributed by atoms with E-state index >= 15 is 0 Å². The molecule has 1 aromatic carbocycles. The number of carbonyl (C=O) groups excluding carboxylic acids is 2. The van der Waals surface area contributed by atoms with Crippen LogP contribution in [0.4, 0.5) is 4.79 Å². The van der Waals surface area contributed by atoms with Crippen LogP contribution in [0.15, 0.2) is 48.4 Å². The van der Waals surface area contributed by atoms with Gasteiger partial charge in [0.25, 0.3) is 5.91 Å². The topological polar surface area (TPSA) is 64.4 Å². The van der Waals surface area contributed by atoms with Crippen molar-refractivity contribution in [2.45, 2.75) is 32.3 Å². The molecule has 2 heterocycles. The highest BCUT2D eigenvalue weighted by Gasteiger charge is 2.42. The molecular formula is C20H23N3O3. The molecule has 6 heteroatoms. The Balaban J connectivity index is 1.99. The molecule has 3 rings (SSSR count). The lowest BCUT2D eigenvalue weighted by atomic mass is 9.97. The SMILES string of the molecule is Cn1cncc1C1CN(C(=O)OC(C)(C)C)C(=O)/C1=C/c1ccccc1. The first-order valence-electron chi connectivity index (χ1n) is 8.54. The molecule has 0 aliphatic carbocycles. The lowest BCUT2D eigenvalue weighted by Crippen LogP contribution is -2.37. The number of amides is 2. The molecule has 26 heavy (non-hydrogen) atoms. The second kappa shape index (κ2) is 6.78. The molecule has 136 valence electrons. The Labute approximate surface area is 153 Å². The summed E-state index contributed by atoms with van der Waals surface area (Å²) in [7, 11) is 1.88. The predicted octanol–water partition coefficient (Wildman–Crippen LogP) is 3.36. The van der Waals surface area contributed by atoms with Crippen LogP contribution in [-0.4, -0.2) is 38.6 Å². The number of hydrogen-bond acceptors (Lipinski definition) is 4. The second-order valence-electron chi connectivity index (χ2n) is 7.39. The summed E-state index contributed by atoms with van der Waals surface area (Å²) in [6, 6.07) is 9.60. The van der Waals surface area contributed by atoms with E-state index in [2.05, 4.69) is 4.98 Å². The number of imide groups is 1. The standard InChI is InChI=1S/C20H23N3O3/c1-20(2,3)26-19(25)23-12-16(17-11-21-13-22(17)4)15(18(23)24)10-14-8-6-5-7-9-14/h5-11,13,16H,12H2,1-4H3/b15-10+. The number of nitrogens with zero attached hydrogens (tertiary/aromatic N) is 3. The zero-order valence-electron chi connectivity index (χ0n) is 15.5. The maximum absolute atomic E-state index is 13.0. The first-order valence-corrected chi connectivity index (χ1v) is 8.54. The van der Waals surface area contributed by atoms with E-state index in [9.17, 15) is 9.59 Å². The van der Waals surface area contributed by atoms with Gasteiger partial charge in [-0.15, -0.1) is 0 Å². The predicted molar refractivity (Wildman–Crippen MR) is 98.3 cm³/mol. The maximum Gasteiger partial charge on any atom is 0.417 e. The van der Waals surface area contributed by atoms with Crippen LogP contribution in [-0.2, 0) is 16.6 Å². The Morgan fingerprint density at radius 2 is 1.96 bits per heavy atom. The highest BCUT2D eigenvalue weighted by molar-refractivity contribution is 6.08. The van der Waals surface area contributed by atoms with E-state index in [0.717, 1.165) is 11.3 Å². The van der Waals surface area contributed by atoms with Gasteiger partial charge < -0.3 is 9.30 Å². The maximum atomic E-state index is 13.0. The van der Waals surface area contributed by atoms with Gasteiger partial charge in [0.05, 0.1) is 6.33 Å². The third kappa shape index (κ3) is 3.69. The van der Waals surface area contributed by atoms with Crippen molar-refractivity contribution in [3.63, 3.8) is 0 Å². The summed E-state index contributed by atoms with van der Waals surface area (Å²) >= 11 is 0. The third-order valence-electron chi connectivity index (χ3n) is 4.18. The minimum atomic E-state index is -0.661. The average molecular weight is 353 g/mol. The normalized spacial score (nSPS) is 19.2. The van der Waals surface area contributed by atoms with Crippen LogP contribution in [0.5, 0.6) is 0 Å². The largest absolute Gasteiger partial charge is 0.443 e. The van der Waals surface area contributed by atoms with Gasteiger partial charge in [-0.05, 0) is 32.4 Å². The van der Waals surface area contributed by atoms with Gasteiger partial charge in [0, 0.05) is 37.0 Å². The van der Waals surface area contributed by atoms with Crippen LogP contribution in [0.2, 0.25) is 0 Å². The lowest BCUT2D eigenvalue weighted by Gasteiger charge is -2.23. The first-order chi connectivity index (χ1) is 12.3. The van der Waals surface area contributed by atoms with Crippen LogP contribution in [0.25, 0.3) is 6.08 Å². The summed E-state index contributed by atoms with van der Waals surface area (Å²) in [5.74, 6) is -0.572. The summed E-state index contributed by atoms with van der Waals surface area (Å²) in [4.78, 5) is 30.8. The highest BCUT2D eigenvalue weighted by Crippen LogP contribution is 2.35. The van der Waals surface area contributed by atoms with Gasteiger partial charge in [-0.25, -0.2) is 14.7 Å². The molecule has 0 N–H and O–H groups in total. The highest BCUT2D eigenvalue weighted by atomic mass is 16.6. The van der Waals surface area contributed by atoms with Crippen molar-refractivity contribution in [3.8, 4) is 0 Å². The molecule has 1 atom stereocenters. The molecular weight excluding hydrogens is 330 g/mol. The van der Waals surface area contributed by atoms with E-state index < -0.39 is 11.7 Å². The van der Waals surface area contributed by atoms with Crippen molar-refractivity contribution in [2.75, 3.05) is 6.54 Å². The van der Waals surface area contributed by atoms with Crippen molar-refractivity contribution < 1.29 is 14.3 Å².